The summed E-state index contributed by atoms with van der Waals surface area (Å²) >= 11 is 0. The topological polar surface area (TPSA) is 46.6 Å². The fourth-order valence-electron chi connectivity index (χ4n) is 3.33. The van der Waals surface area contributed by atoms with Gasteiger partial charge in [0.2, 0.25) is 5.91 Å². The molecule has 1 saturated heterocycles. The lowest BCUT2D eigenvalue weighted by atomic mass is 9.97. The van der Waals surface area contributed by atoms with Crippen LogP contribution < -0.4 is 0 Å². The zero-order valence-corrected chi connectivity index (χ0v) is 15.8. The Morgan fingerprint density at radius 3 is 2.62 bits per heavy atom. The van der Waals surface area contributed by atoms with E-state index >= 15 is 0 Å². The number of carbonyl (C=O) groups is 2. The quantitative estimate of drug-likeness (QED) is 0.555. The van der Waals surface area contributed by atoms with Crippen molar-refractivity contribution < 1.29 is 18.7 Å². The zero-order valence-electron chi connectivity index (χ0n) is 15.8. The average molecular weight is 363 g/mol. The minimum Gasteiger partial charge on any atom is -0.447 e. The van der Waals surface area contributed by atoms with Crippen LogP contribution in [0.2, 0.25) is 0 Å². The number of hydrogen-bond donors (Lipinski definition) is 0. The van der Waals surface area contributed by atoms with E-state index in [0.717, 1.165) is 42.6 Å². The third kappa shape index (κ3) is 5.55. The molecule has 2 amide bonds. The molecule has 0 unspecified atom stereocenters. The summed E-state index contributed by atoms with van der Waals surface area (Å²) in [6.07, 6.45) is 4.17. The number of imide groups is 1. The molecule has 0 radical (unpaired) electrons. The smallest absolute Gasteiger partial charge is 0.416 e. The third-order valence-corrected chi connectivity index (χ3v) is 5.03. The van der Waals surface area contributed by atoms with E-state index in [-0.39, 0.29) is 12.6 Å². The highest BCUT2D eigenvalue weighted by Crippen LogP contribution is 2.24. The van der Waals surface area contributed by atoms with Gasteiger partial charge in [0, 0.05) is 0 Å². The molecule has 0 bridgehead atoms. The molecule has 3 atom stereocenters. The number of carbonyl (C=O) groups excluding carboxylic acids is 2. The first kappa shape index (κ1) is 20.4. The van der Waals surface area contributed by atoms with Gasteiger partial charge in [0.15, 0.2) is 0 Å². The molecule has 1 aromatic rings. The Balaban J connectivity index is 1.91. The highest BCUT2D eigenvalue weighted by atomic mass is 19.1. The summed E-state index contributed by atoms with van der Waals surface area (Å²) in [5.74, 6) is -1.29. The van der Waals surface area contributed by atoms with Crippen LogP contribution in [0.15, 0.2) is 30.3 Å². The van der Waals surface area contributed by atoms with E-state index in [1.807, 2.05) is 30.3 Å². The van der Waals surface area contributed by atoms with E-state index in [1.54, 1.807) is 6.92 Å². The van der Waals surface area contributed by atoms with Gasteiger partial charge < -0.3 is 4.74 Å². The van der Waals surface area contributed by atoms with Crippen LogP contribution >= 0.6 is 0 Å². The fraction of sp³-hybridized carbons (Fsp3) is 0.619. The second kappa shape index (κ2) is 10.3. The molecule has 4 nitrogen and oxygen atoms in total. The molecule has 2 rings (SSSR count). The van der Waals surface area contributed by atoms with Gasteiger partial charge in [-0.25, -0.2) is 14.1 Å². The molecular formula is C21H30FNO3. The van der Waals surface area contributed by atoms with Crippen molar-refractivity contribution in [2.45, 2.75) is 71.0 Å². The summed E-state index contributed by atoms with van der Waals surface area (Å²) in [4.78, 5) is 25.9. The minimum atomic E-state index is -1.23. The molecule has 1 heterocycles. The normalized spacial score (nSPS) is 19.3. The van der Waals surface area contributed by atoms with Gasteiger partial charge in [-0.1, -0.05) is 76.3 Å². The van der Waals surface area contributed by atoms with Gasteiger partial charge in [-0.05, 0) is 18.4 Å². The van der Waals surface area contributed by atoms with Gasteiger partial charge in [0.25, 0.3) is 0 Å². The number of cyclic esters (lactones) is 1. The molecule has 5 heteroatoms. The van der Waals surface area contributed by atoms with Crippen molar-refractivity contribution in [1.82, 2.24) is 4.90 Å². The maximum absolute atomic E-state index is 14.5. The molecule has 1 aromatic carbocycles. The highest BCUT2D eigenvalue weighted by Gasteiger charge is 2.41. The van der Waals surface area contributed by atoms with Crippen molar-refractivity contribution in [3.05, 3.63) is 35.9 Å². The first-order valence-corrected chi connectivity index (χ1v) is 9.72. The van der Waals surface area contributed by atoms with Crippen molar-refractivity contribution in [2.24, 2.45) is 5.92 Å². The molecule has 1 fully saturated rings. The molecule has 0 aromatic heterocycles. The number of halogens is 1. The van der Waals surface area contributed by atoms with Gasteiger partial charge in [0.05, 0.1) is 12.0 Å². The Kier molecular flexibility index (Phi) is 8.07. The maximum atomic E-state index is 14.5. The van der Waals surface area contributed by atoms with Crippen LogP contribution in [0.1, 0.15) is 57.9 Å². The molecule has 0 spiro atoms. The Morgan fingerprint density at radius 1 is 1.23 bits per heavy atom. The number of amides is 2. The van der Waals surface area contributed by atoms with Gasteiger partial charge >= 0.3 is 6.09 Å². The number of nitrogens with zero attached hydrogens (tertiary/aromatic N) is 1. The van der Waals surface area contributed by atoms with Crippen molar-refractivity contribution >= 4 is 12.0 Å². The van der Waals surface area contributed by atoms with Gasteiger partial charge in [-0.3, -0.25) is 4.79 Å². The van der Waals surface area contributed by atoms with Crippen LogP contribution in [0.25, 0.3) is 0 Å². The summed E-state index contributed by atoms with van der Waals surface area (Å²) in [6.45, 7) is 3.88. The number of hydrogen-bond acceptors (Lipinski definition) is 3. The monoisotopic (exact) mass is 363 g/mol. The van der Waals surface area contributed by atoms with Crippen LogP contribution in [-0.4, -0.2) is 35.7 Å². The number of unbranched alkanes of at least 4 members (excludes halogenated alkanes) is 4. The summed E-state index contributed by atoms with van der Waals surface area (Å²) in [7, 11) is 0. The maximum Gasteiger partial charge on any atom is 0.416 e. The lowest BCUT2D eigenvalue weighted by Crippen LogP contribution is -2.45. The molecule has 144 valence electrons. The largest absolute Gasteiger partial charge is 0.447 e. The standard InChI is InChI=1S/C21H30FNO3/c1-3-4-5-6-10-13-19(22)16(2)20(24)23-18(15-26-21(23)25)14-17-11-8-7-9-12-17/h7-9,11-12,16,18-19H,3-6,10,13-15H2,1-2H3/t16-,18-,19-/m1/s1. The molecule has 1 aliphatic rings. The predicted octanol–water partition coefficient (Wildman–Crippen LogP) is 4.91. The lowest BCUT2D eigenvalue weighted by molar-refractivity contribution is -0.135. The number of alkyl halides is 1. The van der Waals surface area contributed by atoms with Gasteiger partial charge in [0.1, 0.15) is 12.8 Å². The van der Waals surface area contributed by atoms with Crippen molar-refractivity contribution in [2.75, 3.05) is 6.61 Å². The van der Waals surface area contributed by atoms with Crippen LogP contribution in [0.4, 0.5) is 9.18 Å². The molecule has 0 saturated carbocycles. The Bertz CT molecular complexity index is 578. The van der Waals surface area contributed by atoms with E-state index in [9.17, 15) is 14.0 Å². The SMILES string of the molecule is CCCCCCC[C@@H](F)[C@@H](C)C(=O)N1C(=O)OC[C@H]1Cc1ccccc1. The van der Waals surface area contributed by atoms with E-state index in [1.165, 1.54) is 0 Å². The first-order chi connectivity index (χ1) is 12.5. The van der Waals surface area contributed by atoms with Gasteiger partial charge in [-0.2, -0.15) is 0 Å². The highest BCUT2D eigenvalue weighted by molar-refractivity contribution is 5.94. The Morgan fingerprint density at radius 2 is 1.92 bits per heavy atom. The third-order valence-electron chi connectivity index (χ3n) is 5.03. The summed E-state index contributed by atoms with van der Waals surface area (Å²) in [5, 5.41) is 0. The lowest BCUT2D eigenvalue weighted by Gasteiger charge is -2.24. The van der Waals surface area contributed by atoms with Crippen LogP contribution in [0.3, 0.4) is 0 Å². The molecule has 26 heavy (non-hydrogen) atoms. The Labute approximate surface area is 155 Å². The number of ether oxygens (including phenoxy) is 1. The fourth-order valence-corrected chi connectivity index (χ4v) is 3.33. The average Bonchev–Trinajstić information content (AvgIpc) is 3.01. The number of rotatable bonds is 10. The summed E-state index contributed by atoms with van der Waals surface area (Å²) in [6, 6.07) is 9.28. The first-order valence-electron chi connectivity index (χ1n) is 9.72. The molecule has 0 N–H and O–H groups in total. The van der Waals surface area contributed by atoms with Crippen LogP contribution in [0.5, 0.6) is 0 Å². The second-order valence-electron chi connectivity index (χ2n) is 7.14. The predicted molar refractivity (Wildman–Crippen MR) is 99.6 cm³/mol. The van der Waals surface area contributed by atoms with Crippen molar-refractivity contribution in [3.8, 4) is 0 Å². The number of benzene rings is 1. The second-order valence-corrected chi connectivity index (χ2v) is 7.14. The van der Waals surface area contributed by atoms with Crippen LogP contribution in [0, 0.1) is 5.92 Å². The van der Waals surface area contributed by atoms with E-state index in [2.05, 4.69) is 6.92 Å². The van der Waals surface area contributed by atoms with Gasteiger partial charge in [-0.15, -0.1) is 0 Å². The summed E-state index contributed by atoms with van der Waals surface area (Å²) < 4.78 is 19.6. The van der Waals surface area contributed by atoms with E-state index in [4.69, 9.17) is 4.74 Å². The minimum absolute atomic E-state index is 0.167. The van der Waals surface area contributed by atoms with Crippen molar-refractivity contribution in [3.63, 3.8) is 0 Å². The van der Waals surface area contributed by atoms with Crippen molar-refractivity contribution in [1.29, 1.82) is 0 Å². The Hall–Kier alpha value is -1.91. The van der Waals surface area contributed by atoms with E-state index < -0.39 is 24.1 Å². The molecule has 1 aliphatic heterocycles. The zero-order chi connectivity index (χ0) is 18.9. The van der Waals surface area contributed by atoms with Crippen LogP contribution in [-0.2, 0) is 16.0 Å². The summed E-state index contributed by atoms with van der Waals surface area (Å²) in [5.41, 5.74) is 1.02. The molecular weight excluding hydrogens is 333 g/mol. The van der Waals surface area contributed by atoms with E-state index in [0.29, 0.717) is 12.8 Å². The molecule has 0 aliphatic carbocycles.